The van der Waals surface area contributed by atoms with Crippen LogP contribution in [0.2, 0.25) is 0 Å². The van der Waals surface area contributed by atoms with Gasteiger partial charge >= 0.3 is 0 Å². The molecule has 2 aromatic heterocycles. The third kappa shape index (κ3) is 1.97. The van der Waals surface area contributed by atoms with Crippen molar-refractivity contribution in [1.82, 2.24) is 19.1 Å². The maximum absolute atomic E-state index is 5.25. The summed E-state index contributed by atoms with van der Waals surface area (Å²) in [6.07, 6.45) is 7.41. The van der Waals surface area contributed by atoms with Crippen molar-refractivity contribution in [2.45, 2.75) is 6.92 Å². The van der Waals surface area contributed by atoms with Crippen molar-refractivity contribution in [1.29, 1.82) is 0 Å². The van der Waals surface area contributed by atoms with E-state index in [2.05, 4.69) is 16.9 Å². The molecule has 5 heteroatoms. The van der Waals surface area contributed by atoms with Crippen LogP contribution in [0.4, 0.5) is 0 Å². The number of ether oxygens (including phenoxy) is 1. The minimum Gasteiger partial charge on any atom is -0.497 e. The second-order valence-electron chi connectivity index (χ2n) is 4.64. The van der Waals surface area contributed by atoms with E-state index in [0.717, 1.165) is 28.6 Å². The highest BCUT2D eigenvalue weighted by Gasteiger charge is 2.13. The molecule has 0 radical (unpaired) electrons. The quantitative estimate of drug-likeness (QED) is 0.733. The largest absolute Gasteiger partial charge is 0.497 e. The molecule has 1 aromatic carbocycles. The summed E-state index contributed by atoms with van der Waals surface area (Å²) in [5.41, 5.74) is 2.19. The molecule has 0 aliphatic heterocycles. The van der Waals surface area contributed by atoms with Gasteiger partial charge in [0.15, 0.2) is 11.6 Å². The molecule has 0 spiro atoms. The highest BCUT2D eigenvalue weighted by Crippen LogP contribution is 2.24. The van der Waals surface area contributed by atoms with Gasteiger partial charge in [0.2, 0.25) is 0 Å². The highest BCUT2D eigenvalue weighted by molar-refractivity contribution is 5.54. The van der Waals surface area contributed by atoms with E-state index in [9.17, 15) is 0 Å². The molecule has 0 aliphatic carbocycles. The molecule has 0 amide bonds. The lowest BCUT2D eigenvalue weighted by Crippen LogP contribution is -2.02. The molecule has 0 bridgehead atoms. The van der Waals surface area contributed by atoms with Crippen molar-refractivity contribution in [2.24, 2.45) is 7.05 Å². The van der Waals surface area contributed by atoms with Crippen LogP contribution in [0, 0.1) is 6.92 Å². The van der Waals surface area contributed by atoms with Crippen LogP contribution in [0.15, 0.2) is 43.0 Å². The molecule has 0 saturated carbocycles. The summed E-state index contributed by atoms with van der Waals surface area (Å²) < 4.78 is 9.24. The number of aromatic nitrogens is 4. The summed E-state index contributed by atoms with van der Waals surface area (Å²) in [5.74, 6) is 2.51. The average molecular weight is 268 g/mol. The number of hydrogen-bond acceptors (Lipinski definition) is 3. The van der Waals surface area contributed by atoms with Crippen LogP contribution in [-0.2, 0) is 7.05 Å². The van der Waals surface area contributed by atoms with Crippen LogP contribution in [0.5, 0.6) is 5.75 Å². The lowest BCUT2D eigenvalue weighted by molar-refractivity contribution is 0.414. The Kier molecular flexibility index (Phi) is 3.02. The number of aryl methyl sites for hydroxylation is 2. The van der Waals surface area contributed by atoms with E-state index >= 15 is 0 Å². The summed E-state index contributed by atoms with van der Waals surface area (Å²) >= 11 is 0. The molecule has 0 aliphatic rings. The van der Waals surface area contributed by atoms with Gasteiger partial charge in [-0.1, -0.05) is 0 Å². The molecule has 0 saturated heterocycles. The summed E-state index contributed by atoms with van der Waals surface area (Å²) in [4.78, 5) is 8.79. The number of methoxy groups -OCH3 is 1. The van der Waals surface area contributed by atoms with Crippen LogP contribution >= 0.6 is 0 Å². The zero-order valence-electron chi connectivity index (χ0n) is 11.7. The Balaban J connectivity index is 2.13. The number of rotatable bonds is 3. The maximum Gasteiger partial charge on any atom is 0.181 e. The fourth-order valence-electron chi connectivity index (χ4n) is 2.27. The Hall–Kier alpha value is -2.56. The van der Waals surface area contributed by atoms with E-state index in [4.69, 9.17) is 4.74 Å². The number of nitrogens with zero attached hydrogens (tertiary/aromatic N) is 4. The second kappa shape index (κ2) is 4.85. The van der Waals surface area contributed by atoms with Crippen molar-refractivity contribution < 1.29 is 4.74 Å². The minimum atomic E-state index is 0.825. The topological polar surface area (TPSA) is 44.9 Å². The van der Waals surface area contributed by atoms with E-state index in [1.165, 1.54) is 0 Å². The molecule has 2 heterocycles. The maximum atomic E-state index is 5.25. The molecule has 0 fully saturated rings. The van der Waals surface area contributed by atoms with Crippen molar-refractivity contribution >= 4 is 0 Å². The Morgan fingerprint density at radius 2 is 1.80 bits per heavy atom. The Labute approximate surface area is 117 Å². The molecule has 0 atom stereocenters. The van der Waals surface area contributed by atoms with Crippen molar-refractivity contribution in [3.63, 3.8) is 0 Å². The van der Waals surface area contributed by atoms with Gasteiger partial charge in [-0.05, 0) is 30.7 Å². The molecular weight excluding hydrogens is 252 g/mol. The monoisotopic (exact) mass is 268 g/mol. The summed E-state index contributed by atoms with van der Waals surface area (Å²) in [6.45, 7) is 2.06. The first-order valence-corrected chi connectivity index (χ1v) is 6.37. The van der Waals surface area contributed by atoms with E-state index in [-0.39, 0.29) is 0 Å². The van der Waals surface area contributed by atoms with Crippen LogP contribution in [0.3, 0.4) is 0 Å². The predicted octanol–water partition coefficient (Wildman–Crippen LogP) is 2.59. The molecular formula is C15H16N4O. The summed E-state index contributed by atoms with van der Waals surface area (Å²) in [5, 5.41) is 0. The SMILES string of the molecule is COc1ccc(-n2ccnc2-c2nccn2C)c(C)c1. The van der Waals surface area contributed by atoms with Crippen molar-refractivity contribution in [3.8, 4) is 23.1 Å². The fraction of sp³-hybridized carbons (Fsp3) is 0.200. The van der Waals surface area contributed by atoms with E-state index < -0.39 is 0 Å². The van der Waals surface area contributed by atoms with Gasteiger partial charge in [0, 0.05) is 31.8 Å². The number of hydrogen-bond donors (Lipinski definition) is 0. The fourth-order valence-corrected chi connectivity index (χ4v) is 2.27. The Morgan fingerprint density at radius 1 is 1.05 bits per heavy atom. The van der Waals surface area contributed by atoms with Gasteiger partial charge in [0.1, 0.15) is 5.75 Å². The van der Waals surface area contributed by atoms with Crippen LogP contribution in [0.1, 0.15) is 5.56 Å². The normalized spacial score (nSPS) is 10.8. The first-order valence-electron chi connectivity index (χ1n) is 6.37. The summed E-state index contributed by atoms with van der Waals surface area (Å²) in [7, 11) is 3.63. The standard InChI is InChI=1S/C15H16N4O/c1-11-10-12(20-3)4-5-13(11)19-9-7-17-15(19)14-16-6-8-18(14)2/h4-10H,1-3H3. The van der Waals surface area contributed by atoms with Crippen LogP contribution in [-0.4, -0.2) is 26.2 Å². The molecule has 0 unspecified atom stereocenters. The average Bonchev–Trinajstić information content (AvgIpc) is 3.06. The zero-order valence-corrected chi connectivity index (χ0v) is 11.7. The van der Waals surface area contributed by atoms with Crippen LogP contribution < -0.4 is 4.74 Å². The molecule has 20 heavy (non-hydrogen) atoms. The molecule has 0 N–H and O–H groups in total. The van der Waals surface area contributed by atoms with Crippen molar-refractivity contribution in [2.75, 3.05) is 7.11 Å². The van der Waals surface area contributed by atoms with Crippen molar-refractivity contribution in [3.05, 3.63) is 48.5 Å². The number of imidazole rings is 2. The van der Waals surface area contributed by atoms with E-state index in [1.807, 2.05) is 46.8 Å². The van der Waals surface area contributed by atoms with Gasteiger partial charge < -0.3 is 9.30 Å². The minimum absolute atomic E-state index is 0.825. The van der Waals surface area contributed by atoms with Gasteiger partial charge in [0.25, 0.3) is 0 Å². The number of benzene rings is 1. The molecule has 3 rings (SSSR count). The molecule has 102 valence electrons. The third-order valence-electron chi connectivity index (χ3n) is 3.33. The van der Waals surface area contributed by atoms with Gasteiger partial charge in [0.05, 0.1) is 12.8 Å². The van der Waals surface area contributed by atoms with Crippen LogP contribution in [0.25, 0.3) is 17.3 Å². The zero-order chi connectivity index (χ0) is 14.1. The Bertz CT molecular complexity index is 742. The lowest BCUT2D eigenvalue weighted by atomic mass is 10.2. The first kappa shape index (κ1) is 12.5. The summed E-state index contributed by atoms with van der Waals surface area (Å²) in [6, 6.07) is 5.99. The second-order valence-corrected chi connectivity index (χ2v) is 4.64. The third-order valence-corrected chi connectivity index (χ3v) is 3.33. The van der Waals surface area contributed by atoms with E-state index in [1.54, 1.807) is 19.5 Å². The van der Waals surface area contributed by atoms with Gasteiger partial charge in [-0.15, -0.1) is 0 Å². The van der Waals surface area contributed by atoms with E-state index in [0.29, 0.717) is 0 Å². The lowest BCUT2D eigenvalue weighted by Gasteiger charge is -2.12. The first-order chi connectivity index (χ1) is 9.70. The molecule has 5 nitrogen and oxygen atoms in total. The highest BCUT2D eigenvalue weighted by atomic mass is 16.5. The molecule has 3 aromatic rings. The Morgan fingerprint density at radius 3 is 2.45 bits per heavy atom. The van der Waals surface area contributed by atoms with Gasteiger partial charge in [-0.2, -0.15) is 0 Å². The smallest absolute Gasteiger partial charge is 0.181 e. The van der Waals surface area contributed by atoms with Gasteiger partial charge in [-0.25, -0.2) is 9.97 Å². The predicted molar refractivity (Wildman–Crippen MR) is 77.1 cm³/mol. The van der Waals surface area contributed by atoms with Gasteiger partial charge in [-0.3, -0.25) is 4.57 Å².